The summed E-state index contributed by atoms with van der Waals surface area (Å²) in [5, 5.41) is 9.92. The second kappa shape index (κ2) is 10.9. The fourth-order valence-corrected chi connectivity index (χ4v) is 4.82. The lowest BCUT2D eigenvalue weighted by Crippen LogP contribution is -2.50. The standard InChI is InChI=1S/C26H34F3N5O5/c1-25(2,3)39-24(36)33-10-6-7-16(14-33)30-23(35)18-13-22-31-17(12-21(26(27,28)29)34(22)32-18)15-8-9-19(37-4)20(11-15)38-5/h8-9,11,13,16-17,21,31H,6-7,10,12,14H2,1-5H3,(H,30,35)/t16-,17?,21?/m0/s1. The van der Waals surface area contributed by atoms with Crippen LogP contribution in [-0.2, 0) is 4.74 Å². The van der Waals surface area contributed by atoms with E-state index in [4.69, 9.17) is 14.2 Å². The van der Waals surface area contributed by atoms with Crippen LogP contribution in [0.15, 0.2) is 24.3 Å². The lowest BCUT2D eigenvalue weighted by atomic mass is 9.96. The van der Waals surface area contributed by atoms with Crippen molar-refractivity contribution in [2.45, 2.75) is 69.9 Å². The summed E-state index contributed by atoms with van der Waals surface area (Å²) in [5.41, 5.74) is -0.224. The smallest absolute Gasteiger partial charge is 0.410 e. The van der Waals surface area contributed by atoms with Gasteiger partial charge in [0.2, 0.25) is 0 Å². The van der Waals surface area contributed by atoms with Gasteiger partial charge in [-0.25, -0.2) is 9.48 Å². The Labute approximate surface area is 224 Å². The van der Waals surface area contributed by atoms with Crippen LogP contribution in [-0.4, -0.2) is 71.8 Å². The Morgan fingerprint density at radius 1 is 1.10 bits per heavy atom. The molecule has 2 N–H and O–H groups in total. The summed E-state index contributed by atoms with van der Waals surface area (Å²) in [7, 11) is 2.93. The molecule has 3 atom stereocenters. The van der Waals surface area contributed by atoms with Crippen molar-refractivity contribution in [2.24, 2.45) is 0 Å². The minimum absolute atomic E-state index is 0.0764. The molecule has 2 amide bonds. The summed E-state index contributed by atoms with van der Waals surface area (Å²) >= 11 is 0. The molecule has 2 aliphatic rings. The Morgan fingerprint density at radius 2 is 1.82 bits per heavy atom. The largest absolute Gasteiger partial charge is 0.493 e. The first kappa shape index (κ1) is 28.4. The number of nitrogens with one attached hydrogen (secondary N) is 2. The lowest BCUT2D eigenvalue weighted by molar-refractivity contribution is -0.173. The van der Waals surface area contributed by atoms with Crippen LogP contribution >= 0.6 is 0 Å². The first-order valence-electron chi connectivity index (χ1n) is 12.7. The normalized spacial score (nSPS) is 21.4. The van der Waals surface area contributed by atoms with E-state index in [1.165, 1.54) is 25.2 Å². The number of rotatable bonds is 5. The number of benzene rings is 1. The molecule has 0 spiro atoms. The van der Waals surface area contributed by atoms with Gasteiger partial charge in [-0.15, -0.1) is 0 Å². The topological polar surface area (TPSA) is 107 Å². The predicted molar refractivity (Wildman–Crippen MR) is 136 cm³/mol. The fraction of sp³-hybridized carbons (Fsp3) is 0.577. The number of carbonyl (C=O) groups is 2. The molecular formula is C26H34F3N5O5. The molecule has 2 unspecified atom stereocenters. The van der Waals surface area contributed by atoms with Crippen molar-refractivity contribution in [1.29, 1.82) is 0 Å². The summed E-state index contributed by atoms with van der Waals surface area (Å²) < 4.78 is 59.1. The second-order valence-corrected chi connectivity index (χ2v) is 10.7. The molecule has 1 aromatic heterocycles. The van der Waals surface area contributed by atoms with Crippen molar-refractivity contribution < 1.29 is 37.0 Å². The molecule has 39 heavy (non-hydrogen) atoms. The highest BCUT2D eigenvalue weighted by molar-refractivity contribution is 5.93. The van der Waals surface area contributed by atoms with E-state index in [0.717, 1.165) is 4.68 Å². The van der Waals surface area contributed by atoms with E-state index in [1.54, 1.807) is 39.0 Å². The second-order valence-electron chi connectivity index (χ2n) is 10.7. The van der Waals surface area contributed by atoms with Gasteiger partial charge in [0.25, 0.3) is 5.91 Å². The van der Waals surface area contributed by atoms with Gasteiger partial charge in [-0.05, 0) is 51.3 Å². The van der Waals surface area contributed by atoms with Crippen LogP contribution in [0, 0.1) is 0 Å². The first-order chi connectivity index (χ1) is 18.3. The molecule has 10 nitrogen and oxygen atoms in total. The van der Waals surface area contributed by atoms with Crippen molar-refractivity contribution in [1.82, 2.24) is 20.0 Å². The van der Waals surface area contributed by atoms with Crippen molar-refractivity contribution in [2.75, 3.05) is 32.6 Å². The zero-order valence-electron chi connectivity index (χ0n) is 22.6. The molecule has 0 saturated carbocycles. The zero-order chi connectivity index (χ0) is 28.5. The maximum Gasteiger partial charge on any atom is 0.410 e. The maximum absolute atomic E-state index is 14.1. The van der Waals surface area contributed by atoms with Gasteiger partial charge in [-0.2, -0.15) is 18.3 Å². The highest BCUT2D eigenvalue weighted by atomic mass is 19.4. The number of nitrogens with zero attached hydrogens (tertiary/aromatic N) is 3. The summed E-state index contributed by atoms with van der Waals surface area (Å²) in [5.74, 6) is 0.319. The summed E-state index contributed by atoms with van der Waals surface area (Å²) in [6.07, 6.45) is -4.14. The minimum atomic E-state index is -4.59. The van der Waals surface area contributed by atoms with Crippen molar-refractivity contribution in [3.05, 3.63) is 35.5 Å². The highest BCUT2D eigenvalue weighted by Crippen LogP contribution is 2.44. The maximum atomic E-state index is 14.1. The van der Waals surface area contributed by atoms with Crippen LogP contribution in [0.2, 0.25) is 0 Å². The molecule has 2 aromatic rings. The number of halogens is 3. The van der Waals surface area contributed by atoms with E-state index in [2.05, 4.69) is 15.7 Å². The number of ether oxygens (including phenoxy) is 3. The molecule has 1 aromatic carbocycles. The average Bonchev–Trinajstić information content (AvgIpc) is 3.30. The number of aromatic nitrogens is 2. The molecule has 0 bridgehead atoms. The van der Waals surface area contributed by atoms with Gasteiger partial charge in [0.1, 0.15) is 11.4 Å². The third-order valence-electron chi connectivity index (χ3n) is 6.64. The van der Waals surface area contributed by atoms with Gasteiger partial charge in [0.05, 0.1) is 20.3 Å². The van der Waals surface area contributed by atoms with E-state index in [0.29, 0.717) is 36.4 Å². The first-order valence-corrected chi connectivity index (χ1v) is 12.7. The quantitative estimate of drug-likeness (QED) is 0.553. The summed E-state index contributed by atoms with van der Waals surface area (Å²) in [6.45, 7) is 6.04. The van der Waals surface area contributed by atoms with Crippen LogP contribution in [0.1, 0.15) is 68.2 Å². The van der Waals surface area contributed by atoms with E-state index >= 15 is 0 Å². The molecule has 1 fully saturated rings. The molecule has 214 valence electrons. The van der Waals surface area contributed by atoms with Crippen molar-refractivity contribution in [3.8, 4) is 11.5 Å². The molecule has 2 aliphatic heterocycles. The number of piperidine rings is 1. The van der Waals surface area contributed by atoms with Crippen LogP contribution in [0.25, 0.3) is 0 Å². The number of hydrogen-bond donors (Lipinski definition) is 2. The predicted octanol–water partition coefficient (Wildman–Crippen LogP) is 4.69. The van der Waals surface area contributed by atoms with Crippen LogP contribution in [0.3, 0.4) is 0 Å². The Balaban J connectivity index is 1.52. The van der Waals surface area contributed by atoms with Crippen molar-refractivity contribution >= 4 is 17.8 Å². The van der Waals surface area contributed by atoms with Gasteiger partial charge < -0.3 is 29.7 Å². The third kappa shape index (κ3) is 6.51. The fourth-order valence-electron chi connectivity index (χ4n) is 4.82. The minimum Gasteiger partial charge on any atom is -0.493 e. The number of anilines is 1. The molecule has 0 aliphatic carbocycles. The van der Waals surface area contributed by atoms with Gasteiger partial charge >= 0.3 is 12.3 Å². The number of carbonyl (C=O) groups excluding carboxylic acids is 2. The SMILES string of the molecule is COc1ccc(C2CC(C(F)(F)F)n3nc(C(=O)N[C@H]4CCCN(C(=O)OC(C)(C)C)C4)cc3N2)cc1OC. The van der Waals surface area contributed by atoms with Gasteiger partial charge in [0.15, 0.2) is 23.2 Å². The van der Waals surface area contributed by atoms with E-state index in [1.807, 2.05) is 0 Å². The number of alkyl halides is 3. The van der Waals surface area contributed by atoms with Crippen LogP contribution < -0.4 is 20.1 Å². The Kier molecular flexibility index (Phi) is 7.89. The highest BCUT2D eigenvalue weighted by Gasteiger charge is 2.47. The van der Waals surface area contributed by atoms with Crippen LogP contribution in [0.5, 0.6) is 11.5 Å². The molecule has 13 heteroatoms. The van der Waals surface area contributed by atoms with Gasteiger partial charge in [-0.1, -0.05) is 6.07 Å². The number of methoxy groups -OCH3 is 2. The van der Waals surface area contributed by atoms with E-state index in [9.17, 15) is 22.8 Å². The van der Waals surface area contributed by atoms with Gasteiger partial charge in [0, 0.05) is 31.6 Å². The van der Waals surface area contributed by atoms with E-state index < -0.39 is 35.9 Å². The number of amides is 2. The zero-order valence-corrected chi connectivity index (χ0v) is 22.6. The number of hydrogen-bond acceptors (Lipinski definition) is 7. The number of likely N-dealkylation sites (tertiary alicyclic amines) is 1. The van der Waals surface area contributed by atoms with E-state index in [-0.39, 0.29) is 30.5 Å². The number of fused-ring (bicyclic) bond motifs is 1. The molecule has 4 rings (SSSR count). The average molecular weight is 554 g/mol. The van der Waals surface area contributed by atoms with Crippen LogP contribution in [0.4, 0.5) is 23.8 Å². The van der Waals surface area contributed by atoms with Crippen molar-refractivity contribution in [3.63, 3.8) is 0 Å². The monoisotopic (exact) mass is 553 g/mol. The Bertz CT molecular complexity index is 1210. The summed E-state index contributed by atoms with van der Waals surface area (Å²) in [4.78, 5) is 27.0. The van der Waals surface area contributed by atoms with Gasteiger partial charge in [-0.3, -0.25) is 4.79 Å². The Hall–Kier alpha value is -3.64. The molecule has 0 radical (unpaired) electrons. The lowest BCUT2D eigenvalue weighted by Gasteiger charge is -2.34. The summed E-state index contributed by atoms with van der Waals surface area (Å²) in [6, 6.07) is 3.21. The third-order valence-corrected chi connectivity index (χ3v) is 6.64. The molecule has 3 heterocycles. The Morgan fingerprint density at radius 3 is 2.46 bits per heavy atom. The molecule has 1 saturated heterocycles. The molecular weight excluding hydrogens is 519 g/mol.